The van der Waals surface area contributed by atoms with Crippen LogP contribution in [0.2, 0.25) is 0 Å². The predicted octanol–water partition coefficient (Wildman–Crippen LogP) is 5.58. The van der Waals surface area contributed by atoms with Crippen molar-refractivity contribution in [1.29, 1.82) is 0 Å². The van der Waals surface area contributed by atoms with E-state index < -0.39 is 53.6 Å². The monoisotopic (exact) mass is 573 g/mol. The van der Waals surface area contributed by atoms with Gasteiger partial charge in [0.1, 0.15) is 34.5 Å². The van der Waals surface area contributed by atoms with Crippen molar-refractivity contribution < 1.29 is 41.1 Å². The van der Waals surface area contributed by atoms with Gasteiger partial charge in [0.15, 0.2) is 6.10 Å². The van der Waals surface area contributed by atoms with Crippen molar-refractivity contribution >= 4 is 23.0 Å². The fraction of sp³-hybridized carbons (Fsp3) is 0.417. The predicted molar refractivity (Wildman–Crippen MR) is 126 cm³/mol. The molecule has 1 atom stereocenters. The van der Waals surface area contributed by atoms with Crippen LogP contribution in [0.25, 0.3) is 0 Å². The molecule has 0 spiro atoms. The Balaban J connectivity index is 1.17. The van der Waals surface area contributed by atoms with E-state index in [0.717, 1.165) is 17.1 Å². The highest BCUT2D eigenvalue weighted by molar-refractivity contribution is 7.10. The van der Waals surface area contributed by atoms with Gasteiger partial charge in [-0.25, -0.2) is 31.3 Å². The van der Waals surface area contributed by atoms with Gasteiger partial charge in [0.05, 0.1) is 22.8 Å². The molecule has 1 unspecified atom stereocenters. The van der Waals surface area contributed by atoms with E-state index in [1.807, 2.05) is 0 Å². The number of rotatable bonds is 7. The van der Waals surface area contributed by atoms with E-state index in [0.29, 0.717) is 48.1 Å². The second kappa shape index (κ2) is 11.0. The number of nitrogens with zero attached hydrogens (tertiary/aromatic N) is 5. The maximum absolute atomic E-state index is 14.2. The molecule has 1 fully saturated rings. The van der Waals surface area contributed by atoms with Crippen molar-refractivity contribution in [2.24, 2.45) is 5.16 Å². The molecule has 4 heterocycles. The number of alkyl halides is 4. The van der Waals surface area contributed by atoms with Crippen molar-refractivity contribution in [2.75, 3.05) is 19.6 Å². The summed E-state index contributed by atoms with van der Waals surface area (Å²) >= 11 is 1.39. The Morgan fingerprint density at radius 2 is 1.79 bits per heavy atom. The van der Waals surface area contributed by atoms with Gasteiger partial charge in [0, 0.05) is 29.9 Å². The zero-order valence-electron chi connectivity index (χ0n) is 20.0. The number of phenols is 1. The molecule has 1 aromatic carbocycles. The summed E-state index contributed by atoms with van der Waals surface area (Å²) in [5.74, 6) is -3.18. The highest BCUT2D eigenvalue weighted by atomic mass is 32.1. The largest absolute Gasteiger partial charge is 0.508 e. The number of aromatic nitrogens is 3. The van der Waals surface area contributed by atoms with Gasteiger partial charge in [-0.2, -0.15) is 9.78 Å². The Kier molecular flexibility index (Phi) is 7.62. The maximum atomic E-state index is 14.2. The molecule has 0 amide bonds. The first kappa shape index (κ1) is 27.1. The second-order valence-corrected chi connectivity index (χ2v) is 10.1. The topological polar surface area (TPSA) is 92.8 Å². The second-order valence-electron chi connectivity index (χ2n) is 9.18. The minimum atomic E-state index is -3.12. The summed E-state index contributed by atoms with van der Waals surface area (Å²) in [5, 5.41) is 19.2. The van der Waals surface area contributed by atoms with Gasteiger partial charge in [0.2, 0.25) is 0 Å². The standard InChI is InChI=1S/C24H21F6N5O3S/c25-13-5-12(36)6-14(26)21(13)19-8-15(33-38-19)17-10-39-24(31-17)11-1-3-34(4-2-11)9-20(37)35-18(23(29)30)7-16(32-35)22(27)28/h5-7,10-11,19,22-23,36H,1-4,8-9H2. The first-order chi connectivity index (χ1) is 18.6. The van der Waals surface area contributed by atoms with Gasteiger partial charge in [-0.15, -0.1) is 11.3 Å². The average Bonchev–Trinajstić information content (AvgIpc) is 3.63. The number of carbonyl (C=O) groups is 1. The fourth-order valence-corrected chi connectivity index (χ4v) is 5.64. The van der Waals surface area contributed by atoms with Gasteiger partial charge in [0.25, 0.3) is 18.8 Å². The summed E-state index contributed by atoms with van der Waals surface area (Å²) in [4.78, 5) is 24.1. The molecule has 5 rings (SSSR count). The van der Waals surface area contributed by atoms with Crippen LogP contribution in [0.3, 0.4) is 0 Å². The quantitative estimate of drug-likeness (QED) is 0.371. The molecule has 2 aromatic heterocycles. The first-order valence-corrected chi connectivity index (χ1v) is 12.8. The summed E-state index contributed by atoms with van der Waals surface area (Å²) in [6.07, 6.45) is -5.88. The van der Waals surface area contributed by atoms with Crippen molar-refractivity contribution in [3.05, 3.63) is 62.9 Å². The lowest BCUT2D eigenvalue weighted by Gasteiger charge is -2.30. The van der Waals surface area contributed by atoms with Crippen LogP contribution in [-0.2, 0) is 4.84 Å². The van der Waals surface area contributed by atoms with Crippen molar-refractivity contribution in [2.45, 2.75) is 44.1 Å². The summed E-state index contributed by atoms with van der Waals surface area (Å²) in [5.41, 5.74) is -1.13. The number of oxime groups is 1. The summed E-state index contributed by atoms with van der Waals surface area (Å²) in [7, 11) is 0. The summed E-state index contributed by atoms with van der Waals surface area (Å²) < 4.78 is 81.0. The number of likely N-dealkylation sites (tertiary alicyclic amines) is 1. The Labute approximate surface area is 221 Å². The van der Waals surface area contributed by atoms with Gasteiger partial charge < -0.3 is 9.94 Å². The van der Waals surface area contributed by atoms with Crippen LogP contribution in [-0.4, -0.2) is 56.0 Å². The Morgan fingerprint density at radius 1 is 1.10 bits per heavy atom. The number of benzene rings is 1. The van der Waals surface area contributed by atoms with Crippen LogP contribution in [0, 0.1) is 11.6 Å². The highest BCUT2D eigenvalue weighted by Crippen LogP contribution is 2.36. The van der Waals surface area contributed by atoms with Crippen LogP contribution < -0.4 is 0 Å². The number of hydrogen-bond donors (Lipinski definition) is 1. The minimum absolute atomic E-state index is 0.0487. The van der Waals surface area contributed by atoms with Gasteiger partial charge in [-0.1, -0.05) is 5.16 Å². The molecule has 1 N–H and O–H groups in total. The van der Waals surface area contributed by atoms with E-state index in [2.05, 4.69) is 15.2 Å². The Morgan fingerprint density at radius 3 is 2.44 bits per heavy atom. The molecule has 208 valence electrons. The number of aromatic hydroxyl groups is 1. The first-order valence-electron chi connectivity index (χ1n) is 11.9. The van der Waals surface area contributed by atoms with E-state index in [-0.39, 0.29) is 24.4 Å². The van der Waals surface area contributed by atoms with Crippen molar-refractivity contribution in [3.63, 3.8) is 0 Å². The zero-order valence-corrected chi connectivity index (χ0v) is 20.9. The number of phenolic OH excluding ortho intramolecular Hbond substituents is 1. The lowest BCUT2D eigenvalue weighted by molar-refractivity contribution is 0.0766. The summed E-state index contributed by atoms with van der Waals surface area (Å²) in [6.45, 7) is 0.646. The Bertz CT molecular complexity index is 1380. The molecule has 2 aliphatic heterocycles. The van der Waals surface area contributed by atoms with Crippen LogP contribution in [0.4, 0.5) is 26.3 Å². The molecule has 15 heteroatoms. The summed E-state index contributed by atoms with van der Waals surface area (Å²) in [6, 6.07) is 2.14. The molecular weight excluding hydrogens is 552 g/mol. The molecule has 2 aliphatic rings. The van der Waals surface area contributed by atoms with Crippen LogP contribution >= 0.6 is 11.3 Å². The van der Waals surface area contributed by atoms with E-state index >= 15 is 0 Å². The molecule has 8 nitrogen and oxygen atoms in total. The van der Waals surface area contributed by atoms with Crippen LogP contribution in [0.15, 0.2) is 28.7 Å². The molecule has 0 aliphatic carbocycles. The van der Waals surface area contributed by atoms with Crippen molar-refractivity contribution in [1.82, 2.24) is 19.7 Å². The molecule has 1 saturated heterocycles. The van der Waals surface area contributed by atoms with E-state index in [1.165, 1.54) is 11.3 Å². The number of hydrogen-bond acceptors (Lipinski definition) is 8. The average molecular weight is 574 g/mol. The normalized spacial score (nSPS) is 18.7. The highest BCUT2D eigenvalue weighted by Gasteiger charge is 2.32. The Hall–Kier alpha value is -3.46. The zero-order chi connectivity index (χ0) is 27.8. The lowest BCUT2D eigenvalue weighted by atomic mass is 9.97. The third kappa shape index (κ3) is 5.64. The number of halogens is 6. The lowest BCUT2D eigenvalue weighted by Crippen LogP contribution is -2.39. The van der Waals surface area contributed by atoms with Crippen LogP contribution in [0.1, 0.15) is 76.6 Å². The number of piperidine rings is 1. The third-order valence-corrected chi connectivity index (χ3v) is 7.61. The van der Waals surface area contributed by atoms with Gasteiger partial charge in [-0.05, 0) is 32.0 Å². The molecule has 0 bridgehead atoms. The molecule has 0 radical (unpaired) electrons. The van der Waals surface area contributed by atoms with E-state index in [4.69, 9.17) is 4.84 Å². The van der Waals surface area contributed by atoms with Crippen molar-refractivity contribution in [3.8, 4) is 5.75 Å². The third-order valence-electron chi connectivity index (χ3n) is 6.61. The number of thiazole rings is 1. The van der Waals surface area contributed by atoms with Gasteiger partial charge in [-0.3, -0.25) is 9.69 Å². The van der Waals surface area contributed by atoms with Gasteiger partial charge >= 0.3 is 0 Å². The number of carbonyl (C=O) groups excluding carboxylic acids is 1. The smallest absolute Gasteiger partial charge is 0.282 e. The fourth-order valence-electron chi connectivity index (χ4n) is 4.64. The molecule has 3 aromatic rings. The molecule has 0 saturated carbocycles. The minimum Gasteiger partial charge on any atom is -0.508 e. The van der Waals surface area contributed by atoms with E-state index in [9.17, 15) is 36.2 Å². The molecule has 39 heavy (non-hydrogen) atoms. The van der Waals surface area contributed by atoms with E-state index in [1.54, 1.807) is 10.3 Å². The van der Waals surface area contributed by atoms with Crippen LogP contribution in [0.5, 0.6) is 5.75 Å². The maximum Gasteiger partial charge on any atom is 0.282 e. The molecular formula is C24H21F6N5O3S. The SMILES string of the molecule is O=C(CN1CCC(c2nc(C3=NOC(c4c(F)cc(O)cc4F)C3)cs2)CC1)n1nc(C(F)F)cc1C(F)F.